The van der Waals surface area contributed by atoms with Gasteiger partial charge in [-0.15, -0.1) is 0 Å². The minimum absolute atomic E-state index is 0.282. The zero-order valence-corrected chi connectivity index (χ0v) is 12.7. The van der Waals surface area contributed by atoms with Crippen LogP contribution in [0.2, 0.25) is 10.0 Å². The summed E-state index contributed by atoms with van der Waals surface area (Å²) in [7, 11) is 0. The molecule has 0 radical (unpaired) electrons. The van der Waals surface area contributed by atoms with Crippen LogP contribution in [0.25, 0.3) is 11.0 Å². The Morgan fingerprint density at radius 2 is 1.86 bits per heavy atom. The first kappa shape index (κ1) is 14.6. The van der Waals surface area contributed by atoms with Crippen LogP contribution >= 0.6 is 23.2 Å². The zero-order chi connectivity index (χ0) is 15.7. The number of imidazole rings is 1. The van der Waals surface area contributed by atoms with Gasteiger partial charge < -0.3 is 4.98 Å². The van der Waals surface area contributed by atoms with Crippen LogP contribution in [0.1, 0.15) is 22.1 Å². The smallest absolute Gasteiger partial charge is 0.187 e. The summed E-state index contributed by atoms with van der Waals surface area (Å²) in [5, 5.41) is 10.1. The molecule has 0 spiro atoms. The van der Waals surface area contributed by atoms with Gasteiger partial charge in [0.05, 0.1) is 17.1 Å². The highest BCUT2D eigenvalue weighted by Crippen LogP contribution is 2.25. The van der Waals surface area contributed by atoms with Crippen molar-refractivity contribution in [3.8, 4) is 6.07 Å². The molecule has 0 saturated carbocycles. The third kappa shape index (κ3) is 2.69. The number of rotatable bonds is 3. The van der Waals surface area contributed by atoms with Crippen molar-refractivity contribution in [2.24, 2.45) is 0 Å². The van der Waals surface area contributed by atoms with Crippen LogP contribution in [0.15, 0.2) is 42.5 Å². The van der Waals surface area contributed by atoms with Gasteiger partial charge in [0, 0.05) is 15.6 Å². The predicted octanol–water partition coefficient (Wildman–Crippen LogP) is 4.36. The van der Waals surface area contributed by atoms with Gasteiger partial charge in [-0.25, -0.2) is 4.98 Å². The first-order valence-electron chi connectivity index (χ1n) is 6.43. The number of nitrogens with one attached hydrogen (secondary N) is 1. The minimum atomic E-state index is -1.04. The number of hydrogen-bond donors (Lipinski definition) is 1. The number of ketones is 1. The molecular formula is C16H9Cl2N3O. The molecule has 2 aromatic carbocycles. The molecule has 4 nitrogen and oxygen atoms in total. The molecule has 0 amide bonds. The third-order valence-corrected chi connectivity index (χ3v) is 3.66. The van der Waals surface area contributed by atoms with E-state index in [9.17, 15) is 10.1 Å². The van der Waals surface area contributed by atoms with Crippen LogP contribution in [0.5, 0.6) is 0 Å². The van der Waals surface area contributed by atoms with E-state index in [0.717, 1.165) is 5.52 Å². The Bertz CT molecular complexity index is 858. The summed E-state index contributed by atoms with van der Waals surface area (Å²) in [5.41, 5.74) is 1.76. The number of benzene rings is 2. The van der Waals surface area contributed by atoms with Gasteiger partial charge in [0.2, 0.25) is 0 Å². The fourth-order valence-electron chi connectivity index (χ4n) is 2.22. The number of aromatic nitrogens is 2. The van der Waals surface area contributed by atoms with Crippen LogP contribution in [-0.4, -0.2) is 15.8 Å². The van der Waals surface area contributed by atoms with Crippen molar-refractivity contribution in [3.63, 3.8) is 0 Å². The normalized spacial score (nSPS) is 12.0. The Kier molecular flexibility index (Phi) is 3.84. The maximum absolute atomic E-state index is 12.6. The maximum Gasteiger partial charge on any atom is 0.187 e. The van der Waals surface area contributed by atoms with Gasteiger partial charge in [0.25, 0.3) is 0 Å². The van der Waals surface area contributed by atoms with Gasteiger partial charge in [-0.3, -0.25) is 4.79 Å². The lowest BCUT2D eigenvalue weighted by atomic mass is 9.98. The Morgan fingerprint density at radius 1 is 1.18 bits per heavy atom. The van der Waals surface area contributed by atoms with E-state index in [0.29, 0.717) is 21.4 Å². The van der Waals surface area contributed by atoms with Gasteiger partial charge in [-0.05, 0) is 30.3 Å². The SMILES string of the molecule is N#CC(C(=O)c1cc(Cl)cc(Cl)c1)c1nc2ccccc2[nH]1. The molecule has 3 aromatic rings. The van der Waals surface area contributed by atoms with E-state index in [-0.39, 0.29) is 5.56 Å². The first-order valence-corrected chi connectivity index (χ1v) is 7.18. The summed E-state index contributed by atoms with van der Waals surface area (Å²) >= 11 is 11.8. The van der Waals surface area contributed by atoms with E-state index in [1.165, 1.54) is 18.2 Å². The lowest BCUT2D eigenvalue weighted by Crippen LogP contribution is -2.12. The molecule has 1 N–H and O–H groups in total. The van der Waals surface area contributed by atoms with Crippen molar-refractivity contribution < 1.29 is 4.79 Å². The van der Waals surface area contributed by atoms with E-state index in [1.807, 2.05) is 30.3 Å². The summed E-state index contributed by atoms with van der Waals surface area (Å²) < 4.78 is 0. The number of Topliss-reactive ketones (excluding diaryl/α,β-unsaturated/α-hetero) is 1. The lowest BCUT2D eigenvalue weighted by molar-refractivity contribution is 0.0976. The summed E-state index contributed by atoms with van der Waals surface area (Å²) in [6.07, 6.45) is 0. The molecule has 1 atom stereocenters. The van der Waals surface area contributed by atoms with Crippen LogP contribution in [0.4, 0.5) is 0 Å². The second-order valence-corrected chi connectivity index (χ2v) is 5.60. The topological polar surface area (TPSA) is 69.5 Å². The first-order chi connectivity index (χ1) is 10.6. The van der Waals surface area contributed by atoms with Gasteiger partial charge in [-0.1, -0.05) is 35.3 Å². The monoisotopic (exact) mass is 329 g/mol. The molecule has 1 unspecified atom stereocenters. The molecule has 0 aliphatic heterocycles. The zero-order valence-electron chi connectivity index (χ0n) is 11.2. The molecule has 3 rings (SSSR count). The molecule has 1 aromatic heterocycles. The molecule has 1 heterocycles. The average molecular weight is 330 g/mol. The molecule has 108 valence electrons. The van der Waals surface area contributed by atoms with Crippen LogP contribution in [0, 0.1) is 11.3 Å². The third-order valence-electron chi connectivity index (χ3n) is 3.22. The molecule has 6 heteroatoms. The number of carbonyl (C=O) groups is 1. The number of carbonyl (C=O) groups excluding carboxylic acids is 1. The Labute approximate surface area is 136 Å². The van der Waals surface area contributed by atoms with Crippen molar-refractivity contribution >= 4 is 40.0 Å². The maximum atomic E-state index is 12.6. The van der Waals surface area contributed by atoms with Gasteiger partial charge >= 0.3 is 0 Å². The van der Waals surface area contributed by atoms with Crippen molar-refractivity contribution in [1.82, 2.24) is 9.97 Å². The van der Waals surface area contributed by atoms with E-state index in [2.05, 4.69) is 9.97 Å². The number of H-pyrrole nitrogens is 1. The Morgan fingerprint density at radius 3 is 2.50 bits per heavy atom. The fourth-order valence-corrected chi connectivity index (χ4v) is 2.74. The highest BCUT2D eigenvalue weighted by molar-refractivity contribution is 6.35. The van der Waals surface area contributed by atoms with Crippen LogP contribution in [0.3, 0.4) is 0 Å². The van der Waals surface area contributed by atoms with Crippen molar-refractivity contribution in [1.29, 1.82) is 5.26 Å². The molecule has 0 saturated heterocycles. The summed E-state index contributed by atoms with van der Waals surface area (Å²) in [6, 6.07) is 13.8. The van der Waals surface area contributed by atoms with E-state index >= 15 is 0 Å². The second-order valence-electron chi connectivity index (χ2n) is 4.72. The van der Waals surface area contributed by atoms with Crippen LogP contribution < -0.4 is 0 Å². The quantitative estimate of drug-likeness (QED) is 0.726. The van der Waals surface area contributed by atoms with E-state index in [1.54, 1.807) is 0 Å². The van der Waals surface area contributed by atoms with Crippen LogP contribution in [-0.2, 0) is 0 Å². The lowest BCUT2D eigenvalue weighted by Gasteiger charge is -2.06. The molecule has 0 bridgehead atoms. The molecule has 0 aliphatic rings. The van der Waals surface area contributed by atoms with Gasteiger partial charge in [0.15, 0.2) is 11.7 Å². The van der Waals surface area contributed by atoms with Crippen molar-refractivity contribution in [2.75, 3.05) is 0 Å². The Hall–Kier alpha value is -2.35. The van der Waals surface area contributed by atoms with Gasteiger partial charge in [0.1, 0.15) is 5.82 Å². The largest absolute Gasteiger partial charge is 0.340 e. The summed E-state index contributed by atoms with van der Waals surface area (Å²) in [4.78, 5) is 19.9. The molecular weight excluding hydrogens is 321 g/mol. The predicted molar refractivity (Wildman–Crippen MR) is 85.2 cm³/mol. The fraction of sp³-hybridized carbons (Fsp3) is 0.0625. The van der Waals surface area contributed by atoms with E-state index < -0.39 is 11.7 Å². The highest BCUT2D eigenvalue weighted by atomic mass is 35.5. The number of halogens is 2. The highest BCUT2D eigenvalue weighted by Gasteiger charge is 2.25. The molecule has 0 fully saturated rings. The number of nitrogens with zero attached hydrogens (tertiary/aromatic N) is 2. The number of hydrogen-bond acceptors (Lipinski definition) is 3. The van der Waals surface area contributed by atoms with Crippen molar-refractivity contribution in [3.05, 3.63) is 63.9 Å². The number of para-hydroxylation sites is 2. The number of fused-ring (bicyclic) bond motifs is 1. The standard InChI is InChI=1S/C16H9Cl2N3O/c17-10-5-9(6-11(18)7-10)15(22)12(8-19)16-20-13-3-1-2-4-14(13)21-16/h1-7,12H,(H,20,21). The summed E-state index contributed by atoms with van der Waals surface area (Å²) in [5.74, 6) is -1.13. The molecule has 22 heavy (non-hydrogen) atoms. The minimum Gasteiger partial charge on any atom is -0.340 e. The second kappa shape index (κ2) is 5.80. The summed E-state index contributed by atoms with van der Waals surface area (Å²) in [6.45, 7) is 0. The van der Waals surface area contributed by atoms with E-state index in [4.69, 9.17) is 23.2 Å². The Balaban J connectivity index is 2.03. The average Bonchev–Trinajstić information content (AvgIpc) is 2.90. The van der Waals surface area contributed by atoms with Gasteiger partial charge in [-0.2, -0.15) is 5.26 Å². The number of aromatic amines is 1. The van der Waals surface area contributed by atoms with Crippen molar-refractivity contribution in [2.45, 2.75) is 5.92 Å². The molecule has 0 aliphatic carbocycles. The number of nitriles is 1.